The van der Waals surface area contributed by atoms with Crippen molar-refractivity contribution in [2.24, 2.45) is 11.7 Å². The van der Waals surface area contributed by atoms with Crippen molar-refractivity contribution < 1.29 is 24.9 Å². The Labute approximate surface area is 93.3 Å². The van der Waals surface area contributed by atoms with E-state index in [0.29, 0.717) is 0 Å². The summed E-state index contributed by atoms with van der Waals surface area (Å²) in [6.07, 6.45) is 0.103. The molecule has 0 amide bonds. The van der Waals surface area contributed by atoms with E-state index in [2.05, 4.69) is 0 Å². The predicted octanol–water partition coefficient (Wildman–Crippen LogP) is -0.940. The molecule has 92 valence electrons. The average molecular weight is 231 g/mol. The second kappa shape index (κ2) is 5.29. The molecule has 0 radical (unpaired) electrons. The number of hydrogen-bond donors (Lipinski definition) is 4. The minimum atomic E-state index is -1.18. The Morgan fingerprint density at radius 2 is 2.31 bits per heavy atom. The molecule has 4 atom stereocenters. The van der Waals surface area contributed by atoms with Gasteiger partial charge >= 0.3 is 5.97 Å². The Morgan fingerprint density at radius 1 is 1.69 bits per heavy atom. The lowest BCUT2D eigenvalue weighted by Gasteiger charge is -2.33. The van der Waals surface area contributed by atoms with Gasteiger partial charge < -0.3 is 25.8 Å². The normalized spacial score (nSPS) is 31.5. The number of carboxylic acid groups (broad SMARTS) is 1. The Hall–Kier alpha value is -1.11. The topological polar surface area (TPSA) is 113 Å². The summed E-state index contributed by atoms with van der Waals surface area (Å²) in [5.74, 6) is -1.48. The number of aliphatic hydroxyl groups is 2. The standard InChI is InChI=1S/C10H17NO5/c1-5-7(11)3-9(10(14)15)16-8(5)2-6(13)4-12/h3,5-8,12-13H,2,4,11H2,1H3,(H,14,15)/t5-,6+,7+,8+/m1/s1. The van der Waals surface area contributed by atoms with E-state index < -0.39 is 24.2 Å². The van der Waals surface area contributed by atoms with Crippen LogP contribution in [0.5, 0.6) is 0 Å². The maximum absolute atomic E-state index is 10.7. The van der Waals surface area contributed by atoms with Crippen LogP contribution in [0.25, 0.3) is 0 Å². The summed E-state index contributed by atoms with van der Waals surface area (Å²) >= 11 is 0. The van der Waals surface area contributed by atoms with Crippen molar-refractivity contribution in [2.75, 3.05) is 6.61 Å². The number of hydrogen-bond acceptors (Lipinski definition) is 5. The molecular formula is C10H17NO5. The summed E-state index contributed by atoms with van der Waals surface area (Å²) in [6.45, 7) is 1.43. The van der Waals surface area contributed by atoms with Crippen LogP contribution in [0, 0.1) is 5.92 Å². The van der Waals surface area contributed by atoms with Gasteiger partial charge in [-0.25, -0.2) is 4.79 Å². The zero-order valence-electron chi connectivity index (χ0n) is 9.04. The van der Waals surface area contributed by atoms with Crippen LogP contribution in [-0.2, 0) is 9.53 Å². The quantitative estimate of drug-likeness (QED) is 0.496. The summed E-state index contributed by atoms with van der Waals surface area (Å²) in [4.78, 5) is 10.7. The highest BCUT2D eigenvalue weighted by Crippen LogP contribution is 2.25. The first kappa shape index (κ1) is 13.0. The summed E-state index contributed by atoms with van der Waals surface area (Å²) in [5, 5.41) is 26.8. The van der Waals surface area contributed by atoms with Gasteiger partial charge in [-0.3, -0.25) is 0 Å². The first-order valence-electron chi connectivity index (χ1n) is 5.12. The molecule has 0 spiro atoms. The van der Waals surface area contributed by atoms with Crippen LogP contribution >= 0.6 is 0 Å². The van der Waals surface area contributed by atoms with E-state index in [1.807, 2.05) is 6.92 Å². The summed E-state index contributed by atoms with van der Waals surface area (Å²) < 4.78 is 5.21. The number of carboxylic acids is 1. The Balaban J connectivity index is 2.73. The second-order valence-corrected chi connectivity index (χ2v) is 4.00. The predicted molar refractivity (Wildman–Crippen MR) is 55.4 cm³/mol. The lowest BCUT2D eigenvalue weighted by atomic mass is 9.90. The first-order chi connectivity index (χ1) is 7.45. The molecule has 0 fully saturated rings. The first-order valence-corrected chi connectivity index (χ1v) is 5.12. The van der Waals surface area contributed by atoms with Gasteiger partial charge in [0.25, 0.3) is 0 Å². The maximum Gasteiger partial charge on any atom is 0.370 e. The van der Waals surface area contributed by atoms with Crippen molar-refractivity contribution >= 4 is 5.97 Å². The van der Waals surface area contributed by atoms with Gasteiger partial charge in [-0.15, -0.1) is 0 Å². The molecule has 0 aromatic heterocycles. The smallest absolute Gasteiger partial charge is 0.370 e. The van der Waals surface area contributed by atoms with Crippen molar-refractivity contribution in [3.63, 3.8) is 0 Å². The monoisotopic (exact) mass is 231 g/mol. The minimum absolute atomic E-state index is 0.107. The molecule has 0 aromatic carbocycles. The fourth-order valence-electron chi connectivity index (χ4n) is 1.61. The minimum Gasteiger partial charge on any atom is -0.483 e. The summed E-state index contributed by atoms with van der Waals surface area (Å²) in [6, 6.07) is -0.421. The molecule has 0 aromatic rings. The molecule has 1 aliphatic heterocycles. The van der Waals surface area contributed by atoms with Crippen LogP contribution in [0.3, 0.4) is 0 Å². The highest BCUT2D eigenvalue weighted by Gasteiger charge is 2.33. The van der Waals surface area contributed by atoms with Crippen LogP contribution in [0.4, 0.5) is 0 Å². The molecule has 1 rings (SSSR count). The van der Waals surface area contributed by atoms with Gasteiger partial charge in [-0.1, -0.05) is 6.92 Å². The Morgan fingerprint density at radius 3 is 2.81 bits per heavy atom. The SMILES string of the molecule is C[C@H]1[C@H](C[C@H](O)CO)OC(C(=O)O)=C[C@@H]1N. The number of ether oxygens (including phenoxy) is 1. The molecule has 0 unspecified atom stereocenters. The van der Waals surface area contributed by atoms with Gasteiger partial charge in [0.1, 0.15) is 6.10 Å². The molecule has 16 heavy (non-hydrogen) atoms. The summed E-state index contributed by atoms with van der Waals surface area (Å²) in [7, 11) is 0. The van der Waals surface area contributed by atoms with Gasteiger partial charge in [0.05, 0.1) is 12.7 Å². The highest BCUT2D eigenvalue weighted by atomic mass is 16.5. The van der Waals surface area contributed by atoms with Crippen molar-refractivity contribution in [3.8, 4) is 0 Å². The Bertz CT molecular complexity index is 291. The number of aliphatic hydroxyl groups excluding tert-OH is 2. The van der Waals surface area contributed by atoms with Crippen LogP contribution in [0.1, 0.15) is 13.3 Å². The van der Waals surface area contributed by atoms with Crippen molar-refractivity contribution in [1.29, 1.82) is 0 Å². The third-order valence-corrected chi connectivity index (χ3v) is 2.74. The van der Waals surface area contributed by atoms with Gasteiger partial charge in [0, 0.05) is 18.4 Å². The zero-order valence-corrected chi connectivity index (χ0v) is 9.04. The fourth-order valence-corrected chi connectivity index (χ4v) is 1.61. The fraction of sp³-hybridized carbons (Fsp3) is 0.700. The molecule has 0 saturated heterocycles. The molecule has 0 aliphatic carbocycles. The number of nitrogens with two attached hydrogens (primary N) is 1. The third kappa shape index (κ3) is 2.94. The lowest BCUT2D eigenvalue weighted by Crippen LogP contribution is -2.43. The van der Waals surface area contributed by atoms with Crippen molar-refractivity contribution in [3.05, 3.63) is 11.8 Å². The van der Waals surface area contributed by atoms with E-state index in [9.17, 15) is 9.90 Å². The second-order valence-electron chi connectivity index (χ2n) is 4.00. The van der Waals surface area contributed by atoms with E-state index >= 15 is 0 Å². The lowest BCUT2D eigenvalue weighted by molar-refractivity contribution is -0.139. The van der Waals surface area contributed by atoms with Crippen LogP contribution in [0.15, 0.2) is 11.8 Å². The Kier molecular flexibility index (Phi) is 4.28. The maximum atomic E-state index is 10.7. The van der Waals surface area contributed by atoms with E-state index in [1.54, 1.807) is 0 Å². The van der Waals surface area contributed by atoms with Crippen LogP contribution in [0.2, 0.25) is 0 Å². The molecule has 1 heterocycles. The van der Waals surface area contributed by atoms with Crippen LogP contribution < -0.4 is 5.73 Å². The van der Waals surface area contributed by atoms with Gasteiger partial charge in [-0.2, -0.15) is 0 Å². The number of rotatable bonds is 4. The highest BCUT2D eigenvalue weighted by molar-refractivity contribution is 5.84. The average Bonchev–Trinajstić information content (AvgIpc) is 2.23. The van der Waals surface area contributed by atoms with Crippen molar-refractivity contribution in [2.45, 2.75) is 31.6 Å². The number of carbonyl (C=O) groups is 1. The molecule has 6 heteroatoms. The van der Waals surface area contributed by atoms with Crippen LogP contribution in [-0.4, -0.2) is 46.1 Å². The van der Waals surface area contributed by atoms with Gasteiger partial charge in [0.2, 0.25) is 5.76 Å². The number of aliphatic carboxylic acids is 1. The van der Waals surface area contributed by atoms with E-state index in [1.165, 1.54) is 6.08 Å². The van der Waals surface area contributed by atoms with Crippen molar-refractivity contribution in [1.82, 2.24) is 0 Å². The van der Waals surface area contributed by atoms with Gasteiger partial charge in [0.15, 0.2) is 0 Å². The molecule has 1 aliphatic rings. The van der Waals surface area contributed by atoms with E-state index in [-0.39, 0.29) is 24.7 Å². The third-order valence-electron chi connectivity index (χ3n) is 2.74. The van der Waals surface area contributed by atoms with Gasteiger partial charge in [-0.05, 0) is 6.08 Å². The molecule has 5 N–H and O–H groups in total. The molecule has 0 saturated carbocycles. The summed E-state index contributed by atoms with van der Waals surface area (Å²) in [5.41, 5.74) is 5.75. The van der Waals surface area contributed by atoms with E-state index in [0.717, 1.165) is 0 Å². The molecular weight excluding hydrogens is 214 g/mol. The van der Waals surface area contributed by atoms with E-state index in [4.69, 9.17) is 20.7 Å². The molecule has 6 nitrogen and oxygen atoms in total. The molecule has 0 bridgehead atoms. The zero-order chi connectivity index (χ0) is 12.3. The largest absolute Gasteiger partial charge is 0.483 e.